The molecule has 0 aliphatic carbocycles. The van der Waals surface area contributed by atoms with Crippen molar-refractivity contribution in [1.29, 1.82) is 0 Å². The number of amides is 1. The lowest BCUT2D eigenvalue weighted by molar-refractivity contribution is -0.384. The summed E-state index contributed by atoms with van der Waals surface area (Å²) in [6, 6.07) is 11.6. The van der Waals surface area contributed by atoms with Crippen molar-refractivity contribution in [3.8, 4) is 0 Å². The number of rotatable bonds is 3. The highest BCUT2D eigenvalue weighted by Gasteiger charge is 2.14. The minimum Gasteiger partial charge on any atom is -0.322 e. The SMILES string of the molecule is O=C(Nc1cccc(I)c1)c1ccc([N+](=O)[O-])cc1I. The summed E-state index contributed by atoms with van der Waals surface area (Å²) < 4.78 is 1.55. The molecule has 5 nitrogen and oxygen atoms in total. The zero-order chi connectivity index (χ0) is 14.7. The summed E-state index contributed by atoms with van der Waals surface area (Å²) in [4.78, 5) is 22.3. The molecule has 2 aromatic carbocycles. The Morgan fingerprint density at radius 3 is 2.50 bits per heavy atom. The van der Waals surface area contributed by atoms with Crippen LogP contribution in [0.2, 0.25) is 0 Å². The lowest BCUT2D eigenvalue weighted by Crippen LogP contribution is -2.13. The van der Waals surface area contributed by atoms with Gasteiger partial charge >= 0.3 is 0 Å². The minimum absolute atomic E-state index is 0.0276. The van der Waals surface area contributed by atoms with Crippen molar-refractivity contribution in [2.75, 3.05) is 5.32 Å². The van der Waals surface area contributed by atoms with Crippen LogP contribution in [0.4, 0.5) is 11.4 Å². The third kappa shape index (κ3) is 3.66. The van der Waals surface area contributed by atoms with E-state index in [2.05, 4.69) is 27.9 Å². The Balaban J connectivity index is 2.23. The number of nitro groups is 1. The molecule has 0 spiro atoms. The van der Waals surface area contributed by atoms with E-state index in [1.54, 1.807) is 6.07 Å². The van der Waals surface area contributed by atoms with Gasteiger partial charge in [-0.15, -0.1) is 0 Å². The summed E-state index contributed by atoms with van der Waals surface area (Å²) in [7, 11) is 0. The Morgan fingerprint density at radius 2 is 1.90 bits per heavy atom. The average Bonchev–Trinajstić information content (AvgIpc) is 2.38. The largest absolute Gasteiger partial charge is 0.322 e. The third-order valence-electron chi connectivity index (χ3n) is 2.49. The maximum absolute atomic E-state index is 12.1. The highest BCUT2D eigenvalue weighted by Crippen LogP contribution is 2.21. The normalized spacial score (nSPS) is 10.1. The Hall–Kier alpha value is -1.23. The van der Waals surface area contributed by atoms with E-state index in [9.17, 15) is 14.9 Å². The first-order chi connectivity index (χ1) is 9.47. The van der Waals surface area contributed by atoms with Gasteiger partial charge in [-0.2, -0.15) is 0 Å². The van der Waals surface area contributed by atoms with E-state index in [0.717, 1.165) is 3.57 Å². The van der Waals surface area contributed by atoms with Gasteiger partial charge in [0.1, 0.15) is 0 Å². The summed E-state index contributed by atoms with van der Waals surface area (Å²) >= 11 is 4.07. The van der Waals surface area contributed by atoms with E-state index in [-0.39, 0.29) is 11.6 Å². The first kappa shape index (κ1) is 15.2. The lowest BCUT2D eigenvalue weighted by atomic mass is 10.2. The predicted molar refractivity (Wildman–Crippen MR) is 92.9 cm³/mol. The summed E-state index contributed by atoms with van der Waals surface area (Å²) in [6.45, 7) is 0. The number of anilines is 1. The molecular formula is C13H8I2N2O3. The number of nitro benzene ring substituents is 1. The molecule has 0 aromatic heterocycles. The molecule has 0 saturated carbocycles. The van der Waals surface area contributed by atoms with E-state index in [1.807, 2.05) is 40.8 Å². The van der Waals surface area contributed by atoms with E-state index in [0.29, 0.717) is 14.8 Å². The molecule has 0 saturated heterocycles. The standard InChI is InChI=1S/C13H8I2N2O3/c14-8-2-1-3-9(6-8)16-13(18)11-5-4-10(17(19)20)7-12(11)15/h1-7H,(H,16,18). The zero-order valence-electron chi connectivity index (χ0n) is 9.97. The maximum Gasteiger partial charge on any atom is 0.270 e. The Labute approximate surface area is 142 Å². The molecule has 0 bridgehead atoms. The minimum atomic E-state index is -0.483. The zero-order valence-corrected chi connectivity index (χ0v) is 14.3. The van der Waals surface area contributed by atoms with Gasteiger partial charge in [-0.05, 0) is 69.4 Å². The van der Waals surface area contributed by atoms with E-state index >= 15 is 0 Å². The van der Waals surface area contributed by atoms with Crippen molar-refractivity contribution in [2.24, 2.45) is 0 Å². The van der Waals surface area contributed by atoms with E-state index in [4.69, 9.17) is 0 Å². The van der Waals surface area contributed by atoms with Gasteiger partial charge in [-0.25, -0.2) is 0 Å². The van der Waals surface area contributed by atoms with Crippen LogP contribution in [0.15, 0.2) is 42.5 Å². The molecule has 102 valence electrons. The Bertz CT molecular complexity index is 689. The number of halogens is 2. The number of carbonyl (C=O) groups is 1. The summed E-state index contributed by atoms with van der Waals surface area (Å²) in [5.74, 6) is -0.286. The Kier molecular flexibility index (Phi) is 4.91. The number of nitrogens with one attached hydrogen (secondary N) is 1. The van der Waals surface area contributed by atoms with Crippen molar-refractivity contribution in [1.82, 2.24) is 0 Å². The molecule has 0 aliphatic heterocycles. The first-order valence-corrected chi connectivity index (χ1v) is 7.64. The van der Waals surface area contributed by atoms with Gasteiger partial charge in [0.2, 0.25) is 0 Å². The van der Waals surface area contributed by atoms with Crippen LogP contribution in [0.5, 0.6) is 0 Å². The van der Waals surface area contributed by atoms with Crippen LogP contribution in [-0.4, -0.2) is 10.8 Å². The van der Waals surface area contributed by atoms with Crippen molar-refractivity contribution < 1.29 is 9.72 Å². The molecule has 2 rings (SSSR count). The molecule has 0 fully saturated rings. The van der Waals surface area contributed by atoms with Crippen LogP contribution >= 0.6 is 45.2 Å². The molecule has 20 heavy (non-hydrogen) atoms. The Morgan fingerprint density at radius 1 is 1.15 bits per heavy atom. The molecule has 7 heteroatoms. The highest BCUT2D eigenvalue weighted by atomic mass is 127. The fourth-order valence-corrected chi connectivity index (χ4v) is 2.85. The van der Waals surface area contributed by atoms with Gasteiger partial charge in [0, 0.05) is 25.0 Å². The van der Waals surface area contributed by atoms with Crippen LogP contribution in [0.3, 0.4) is 0 Å². The first-order valence-electron chi connectivity index (χ1n) is 5.48. The summed E-state index contributed by atoms with van der Waals surface area (Å²) in [6.07, 6.45) is 0. The monoisotopic (exact) mass is 494 g/mol. The number of hydrogen-bond donors (Lipinski definition) is 1. The van der Waals surface area contributed by atoms with Crippen LogP contribution < -0.4 is 5.32 Å². The quantitative estimate of drug-likeness (QED) is 0.398. The number of hydrogen-bond acceptors (Lipinski definition) is 3. The molecule has 0 aliphatic rings. The molecule has 0 heterocycles. The van der Waals surface area contributed by atoms with Gasteiger partial charge in [0.15, 0.2) is 0 Å². The summed E-state index contributed by atoms with van der Waals surface area (Å²) in [5.41, 5.74) is 1.08. The molecule has 1 amide bonds. The van der Waals surface area contributed by atoms with Gasteiger partial charge < -0.3 is 5.32 Å². The van der Waals surface area contributed by atoms with Crippen LogP contribution in [0, 0.1) is 17.3 Å². The molecule has 0 atom stereocenters. The maximum atomic E-state index is 12.1. The third-order valence-corrected chi connectivity index (χ3v) is 4.05. The van der Waals surface area contributed by atoms with Crippen molar-refractivity contribution in [3.63, 3.8) is 0 Å². The van der Waals surface area contributed by atoms with Crippen LogP contribution in [-0.2, 0) is 0 Å². The average molecular weight is 494 g/mol. The summed E-state index contributed by atoms with van der Waals surface area (Å²) in [5, 5.41) is 13.4. The molecular weight excluding hydrogens is 486 g/mol. The van der Waals surface area contributed by atoms with Gasteiger partial charge in [0.05, 0.1) is 10.5 Å². The fourth-order valence-electron chi connectivity index (χ4n) is 1.57. The van der Waals surface area contributed by atoms with Gasteiger partial charge in [0.25, 0.3) is 11.6 Å². The molecule has 0 unspecified atom stereocenters. The molecule has 2 aromatic rings. The van der Waals surface area contributed by atoms with Crippen LogP contribution in [0.1, 0.15) is 10.4 Å². The van der Waals surface area contributed by atoms with E-state index < -0.39 is 4.92 Å². The van der Waals surface area contributed by atoms with Crippen molar-refractivity contribution >= 4 is 62.5 Å². The number of carbonyl (C=O) groups excluding carboxylic acids is 1. The number of non-ortho nitro benzene ring substituents is 1. The second-order valence-electron chi connectivity index (χ2n) is 3.89. The molecule has 0 radical (unpaired) electrons. The van der Waals surface area contributed by atoms with Crippen LogP contribution in [0.25, 0.3) is 0 Å². The second-order valence-corrected chi connectivity index (χ2v) is 6.29. The highest BCUT2D eigenvalue weighted by molar-refractivity contribution is 14.1. The van der Waals surface area contributed by atoms with Crippen molar-refractivity contribution in [3.05, 3.63) is 65.3 Å². The smallest absolute Gasteiger partial charge is 0.270 e. The fraction of sp³-hybridized carbons (Fsp3) is 0. The van der Waals surface area contributed by atoms with E-state index in [1.165, 1.54) is 18.2 Å². The second kappa shape index (κ2) is 6.48. The number of benzene rings is 2. The topological polar surface area (TPSA) is 72.2 Å². The predicted octanol–water partition coefficient (Wildman–Crippen LogP) is 4.06. The molecule has 1 N–H and O–H groups in total. The number of nitrogens with zero attached hydrogens (tertiary/aromatic N) is 1. The van der Waals surface area contributed by atoms with Gasteiger partial charge in [-0.3, -0.25) is 14.9 Å². The lowest BCUT2D eigenvalue weighted by Gasteiger charge is -2.07. The van der Waals surface area contributed by atoms with Gasteiger partial charge in [-0.1, -0.05) is 6.07 Å². The van der Waals surface area contributed by atoms with Crippen molar-refractivity contribution in [2.45, 2.75) is 0 Å².